The predicted molar refractivity (Wildman–Crippen MR) is 104 cm³/mol. The first kappa shape index (κ1) is 18.4. The van der Waals surface area contributed by atoms with Crippen LogP contribution in [-0.4, -0.2) is 16.5 Å². The summed E-state index contributed by atoms with van der Waals surface area (Å²) in [5.74, 6) is -0.0553. The number of hydrazone groups is 1. The standard InChI is InChI=1S/C16H14ClN3OS.C2H6/c1-3-12-14(4-2)22-16(18-12)20-19-13-8-9-7-10(17)5-6-11(9)15(13)21;1-2/h3-7H,8H2,1-2H3,(H,18,20);1-2H3/b12-3+,14-4+,19-13-;. The molecule has 4 nitrogen and oxygen atoms in total. The number of halogens is 1. The van der Waals surface area contributed by atoms with E-state index in [-0.39, 0.29) is 5.78 Å². The lowest BCUT2D eigenvalue weighted by Crippen LogP contribution is -2.19. The van der Waals surface area contributed by atoms with Crippen LogP contribution in [0.15, 0.2) is 23.3 Å². The van der Waals surface area contributed by atoms with Crippen molar-refractivity contribution in [2.75, 3.05) is 5.43 Å². The third-order valence-corrected chi connectivity index (χ3v) is 4.71. The number of anilines is 1. The van der Waals surface area contributed by atoms with Gasteiger partial charge in [0.25, 0.3) is 0 Å². The van der Waals surface area contributed by atoms with E-state index in [2.05, 4.69) is 15.5 Å². The second kappa shape index (κ2) is 8.22. The van der Waals surface area contributed by atoms with E-state index in [4.69, 9.17) is 11.6 Å². The molecule has 0 atom stereocenters. The maximum absolute atomic E-state index is 12.3. The average molecular weight is 362 g/mol. The zero-order chi connectivity index (χ0) is 17.7. The van der Waals surface area contributed by atoms with E-state index in [1.165, 1.54) is 11.3 Å². The van der Waals surface area contributed by atoms with Crippen molar-refractivity contribution in [1.29, 1.82) is 0 Å². The van der Waals surface area contributed by atoms with Gasteiger partial charge in [-0.25, -0.2) is 4.98 Å². The summed E-state index contributed by atoms with van der Waals surface area (Å²) in [5, 5.41) is 6.46. The van der Waals surface area contributed by atoms with Gasteiger partial charge in [0.15, 0.2) is 0 Å². The van der Waals surface area contributed by atoms with Gasteiger partial charge in [0.2, 0.25) is 10.9 Å². The quantitative estimate of drug-likeness (QED) is 0.831. The lowest BCUT2D eigenvalue weighted by molar-refractivity contribution is 0.106. The first-order chi connectivity index (χ1) is 11.6. The number of carbonyl (C=O) groups is 1. The zero-order valence-electron chi connectivity index (χ0n) is 14.2. The molecule has 1 aliphatic rings. The number of carbonyl (C=O) groups excluding carboxylic acids is 1. The minimum absolute atomic E-state index is 0.0553. The van der Waals surface area contributed by atoms with Gasteiger partial charge >= 0.3 is 0 Å². The summed E-state index contributed by atoms with van der Waals surface area (Å²) in [7, 11) is 0. The van der Waals surface area contributed by atoms with Gasteiger partial charge in [-0.2, -0.15) is 5.10 Å². The van der Waals surface area contributed by atoms with Gasteiger partial charge in [0.05, 0.1) is 9.88 Å². The van der Waals surface area contributed by atoms with Gasteiger partial charge in [0.1, 0.15) is 5.71 Å². The molecule has 0 spiro atoms. The van der Waals surface area contributed by atoms with Crippen LogP contribution >= 0.6 is 22.9 Å². The van der Waals surface area contributed by atoms with Gasteiger partial charge in [-0.05, 0) is 37.6 Å². The summed E-state index contributed by atoms with van der Waals surface area (Å²) in [4.78, 5) is 16.7. The molecule has 1 heterocycles. The molecule has 0 fully saturated rings. The lowest BCUT2D eigenvalue weighted by Gasteiger charge is -1.95. The normalized spacial score (nSPS) is 16.2. The van der Waals surface area contributed by atoms with E-state index < -0.39 is 0 Å². The van der Waals surface area contributed by atoms with Crippen molar-refractivity contribution in [3.8, 4) is 0 Å². The molecule has 0 saturated carbocycles. The Morgan fingerprint density at radius 1 is 1.29 bits per heavy atom. The average Bonchev–Trinajstić information content (AvgIpc) is 3.15. The fraction of sp³-hybridized carbons (Fsp3) is 0.278. The van der Waals surface area contributed by atoms with Crippen LogP contribution in [-0.2, 0) is 6.42 Å². The Bertz CT molecular complexity index is 868. The monoisotopic (exact) mass is 361 g/mol. The van der Waals surface area contributed by atoms with Gasteiger partial charge in [-0.3, -0.25) is 10.2 Å². The topological polar surface area (TPSA) is 54.4 Å². The summed E-state index contributed by atoms with van der Waals surface area (Å²) in [5.41, 5.74) is 4.97. The largest absolute Gasteiger partial charge is 0.287 e. The highest BCUT2D eigenvalue weighted by Gasteiger charge is 2.26. The number of Topliss-reactive ketones (excluding diaryl/α,β-unsaturated/α-hetero) is 1. The molecule has 1 N–H and O–H groups in total. The molecule has 0 unspecified atom stereocenters. The van der Waals surface area contributed by atoms with Gasteiger partial charge in [0, 0.05) is 17.0 Å². The number of nitrogens with one attached hydrogen (secondary N) is 1. The van der Waals surface area contributed by atoms with Crippen molar-refractivity contribution in [3.05, 3.63) is 44.2 Å². The minimum Gasteiger partial charge on any atom is -0.287 e. The van der Waals surface area contributed by atoms with Crippen molar-refractivity contribution in [1.82, 2.24) is 4.98 Å². The highest BCUT2D eigenvalue weighted by atomic mass is 35.5. The summed E-state index contributed by atoms with van der Waals surface area (Å²) in [6, 6.07) is 5.29. The molecule has 1 aliphatic carbocycles. The second-order valence-electron chi connectivity index (χ2n) is 4.82. The molecule has 0 bridgehead atoms. The Labute approximate surface area is 150 Å². The lowest BCUT2D eigenvalue weighted by atomic mass is 10.1. The first-order valence-corrected chi connectivity index (χ1v) is 9.07. The van der Waals surface area contributed by atoms with Crippen LogP contribution in [0.5, 0.6) is 0 Å². The maximum atomic E-state index is 12.3. The van der Waals surface area contributed by atoms with Crippen LogP contribution in [0, 0.1) is 0 Å². The van der Waals surface area contributed by atoms with E-state index in [0.717, 1.165) is 15.4 Å². The summed E-state index contributed by atoms with van der Waals surface area (Å²) >= 11 is 7.47. The van der Waals surface area contributed by atoms with Gasteiger partial charge < -0.3 is 0 Å². The second-order valence-corrected chi connectivity index (χ2v) is 6.29. The number of hydrogen-bond donors (Lipinski definition) is 1. The minimum atomic E-state index is -0.0553. The van der Waals surface area contributed by atoms with Crippen LogP contribution in [0.4, 0.5) is 5.13 Å². The molecule has 6 heteroatoms. The van der Waals surface area contributed by atoms with Crippen molar-refractivity contribution in [2.45, 2.75) is 34.1 Å². The Morgan fingerprint density at radius 3 is 2.67 bits per heavy atom. The Kier molecular flexibility index (Phi) is 6.29. The number of nitrogens with zero attached hydrogens (tertiary/aromatic N) is 2. The highest BCUT2D eigenvalue weighted by molar-refractivity contribution is 7.13. The molecule has 24 heavy (non-hydrogen) atoms. The van der Waals surface area contributed by atoms with E-state index in [0.29, 0.717) is 27.9 Å². The molecule has 0 saturated heterocycles. The third-order valence-electron chi connectivity index (χ3n) is 3.44. The molecular formula is C18H20ClN3OS. The number of rotatable bonds is 2. The van der Waals surface area contributed by atoms with Crippen LogP contribution in [0.3, 0.4) is 0 Å². The van der Waals surface area contributed by atoms with E-state index in [9.17, 15) is 4.79 Å². The fourth-order valence-corrected chi connectivity index (χ4v) is 3.38. The van der Waals surface area contributed by atoms with Gasteiger partial charge in [-0.15, -0.1) is 0 Å². The van der Waals surface area contributed by atoms with Crippen molar-refractivity contribution in [3.63, 3.8) is 0 Å². The maximum Gasteiger partial charge on any atom is 0.209 e. The zero-order valence-corrected chi connectivity index (χ0v) is 15.8. The summed E-state index contributed by atoms with van der Waals surface area (Å²) in [6.07, 6.45) is 4.44. The Hall–Kier alpha value is -1.98. The predicted octanol–water partition coefficient (Wildman–Crippen LogP) is 3.63. The molecule has 126 valence electrons. The smallest absolute Gasteiger partial charge is 0.209 e. The molecular weight excluding hydrogens is 342 g/mol. The molecule has 1 aromatic heterocycles. The molecule has 0 radical (unpaired) electrons. The number of ketones is 1. The SMILES string of the molecule is C/C=c1/nc(N/N=C2/Cc3cc(Cl)ccc3C2=O)s/c1=C/C.CC. The number of aromatic nitrogens is 1. The van der Waals surface area contributed by atoms with E-state index in [1.54, 1.807) is 12.1 Å². The molecule has 0 amide bonds. The molecule has 1 aromatic carbocycles. The third kappa shape index (κ3) is 3.74. The summed E-state index contributed by atoms with van der Waals surface area (Å²) < 4.78 is 1.08. The highest BCUT2D eigenvalue weighted by Crippen LogP contribution is 2.24. The van der Waals surface area contributed by atoms with Crippen molar-refractivity contribution >= 4 is 51.7 Å². The van der Waals surface area contributed by atoms with E-state index in [1.807, 2.05) is 45.9 Å². The summed E-state index contributed by atoms with van der Waals surface area (Å²) in [6.45, 7) is 7.91. The number of hydrogen-bond acceptors (Lipinski definition) is 5. The van der Waals surface area contributed by atoms with Crippen LogP contribution in [0.1, 0.15) is 43.6 Å². The number of thiazole rings is 1. The van der Waals surface area contributed by atoms with Crippen LogP contribution in [0.25, 0.3) is 12.2 Å². The Balaban J connectivity index is 0.00000100. The molecule has 0 aliphatic heterocycles. The van der Waals surface area contributed by atoms with Crippen LogP contribution in [0.2, 0.25) is 5.02 Å². The number of fused-ring (bicyclic) bond motifs is 1. The van der Waals surface area contributed by atoms with Gasteiger partial charge in [-0.1, -0.05) is 48.9 Å². The molecule has 3 rings (SSSR count). The van der Waals surface area contributed by atoms with E-state index >= 15 is 0 Å². The van der Waals surface area contributed by atoms with Crippen molar-refractivity contribution < 1.29 is 4.79 Å². The fourth-order valence-electron chi connectivity index (χ4n) is 2.36. The van der Waals surface area contributed by atoms with Crippen molar-refractivity contribution in [2.24, 2.45) is 5.10 Å². The first-order valence-electron chi connectivity index (χ1n) is 7.87. The Morgan fingerprint density at radius 2 is 2.04 bits per heavy atom. The number of benzene rings is 1. The van der Waals surface area contributed by atoms with Crippen LogP contribution < -0.4 is 15.3 Å². The molecule has 2 aromatic rings.